The standard InChI is InChI=1S/C13H17N3OS/c1-8-6-13(7-8,11(14)18)12(17)16-10-5-3-4-9(2)15-10/h3-5,8H,6-7H2,1-2H3,(H2,14,18)(H,15,16,17). The Kier molecular flexibility index (Phi) is 3.34. The largest absolute Gasteiger partial charge is 0.392 e. The quantitative estimate of drug-likeness (QED) is 0.819. The second kappa shape index (κ2) is 4.65. The number of aromatic nitrogens is 1. The fourth-order valence-corrected chi connectivity index (χ4v) is 2.74. The number of thiocarbonyl (C=S) groups is 1. The molecule has 5 heteroatoms. The number of amides is 1. The van der Waals surface area contributed by atoms with Gasteiger partial charge in [-0.2, -0.15) is 0 Å². The van der Waals surface area contributed by atoms with E-state index >= 15 is 0 Å². The molecule has 1 saturated carbocycles. The number of nitrogens with zero attached hydrogens (tertiary/aromatic N) is 1. The summed E-state index contributed by atoms with van der Waals surface area (Å²) in [6, 6.07) is 5.50. The maximum absolute atomic E-state index is 12.3. The third-order valence-electron chi connectivity index (χ3n) is 3.43. The summed E-state index contributed by atoms with van der Waals surface area (Å²) >= 11 is 5.05. The van der Waals surface area contributed by atoms with Crippen LogP contribution in [0.4, 0.5) is 5.82 Å². The number of hydrogen-bond donors (Lipinski definition) is 2. The zero-order chi connectivity index (χ0) is 13.3. The molecule has 2 rings (SSSR count). The van der Waals surface area contributed by atoms with Crippen LogP contribution in [-0.4, -0.2) is 15.9 Å². The van der Waals surface area contributed by atoms with Gasteiger partial charge in [0.15, 0.2) is 0 Å². The van der Waals surface area contributed by atoms with Gasteiger partial charge in [0.2, 0.25) is 5.91 Å². The molecular formula is C13H17N3OS. The van der Waals surface area contributed by atoms with Gasteiger partial charge in [0.1, 0.15) is 5.82 Å². The van der Waals surface area contributed by atoms with E-state index in [0.717, 1.165) is 18.5 Å². The van der Waals surface area contributed by atoms with Crippen molar-refractivity contribution in [2.75, 3.05) is 5.32 Å². The molecule has 0 unspecified atom stereocenters. The topological polar surface area (TPSA) is 68.0 Å². The maximum atomic E-state index is 12.3. The zero-order valence-corrected chi connectivity index (χ0v) is 11.4. The predicted molar refractivity (Wildman–Crippen MR) is 75.2 cm³/mol. The summed E-state index contributed by atoms with van der Waals surface area (Å²) in [6.07, 6.45) is 1.44. The van der Waals surface area contributed by atoms with Gasteiger partial charge in [-0.05, 0) is 37.8 Å². The summed E-state index contributed by atoms with van der Waals surface area (Å²) in [5.74, 6) is 0.907. The first-order chi connectivity index (χ1) is 8.44. The van der Waals surface area contributed by atoms with E-state index in [1.54, 1.807) is 6.07 Å². The third kappa shape index (κ3) is 2.22. The Morgan fingerprint density at radius 1 is 1.56 bits per heavy atom. The van der Waals surface area contributed by atoms with E-state index in [-0.39, 0.29) is 10.9 Å². The molecule has 1 aromatic rings. The minimum absolute atomic E-state index is 0.133. The van der Waals surface area contributed by atoms with Crippen molar-refractivity contribution in [3.8, 4) is 0 Å². The van der Waals surface area contributed by atoms with E-state index in [1.807, 2.05) is 19.1 Å². The van der Waals surface area contributed by atoms with Crippen molar-refractivity contribution in [3.63, 3.8) is 0 Å². The van der Waals surface area contributed by atoms with Crippen LogP contribution in [0.1, 0.15) is 25.5 Å². The average molecular weight is 263 g/mol. The van der Waals surface area contributed by atoms with Crippen LogP contribution in [0.25, 0.3) is 0 Å². The summed E-state index contributed by atoms with van der Waals surface area (Å²) < 4.78 is 0. The molecule has 1 heterocycles. The third-order valence-corrected chi connectivity index (χ3v) is 3.82. The number of carbonyl (C=O) groups is 1. The van der Waals surface area contributed by atoms with Crippen LogP contribution in [0, 0.1) is 18.3 Å². The molecule has 0 bridgehead atoms. The Morgan fingerprint density at radius 2 is 2.22 bits per heavy atom. The van der Waals surface area contributed by atoms with Crippen LogP contribution in [0.2, 0.25) is 0 Å². The number of hydrogen-bond acceptors (Lipinski definition) is 3. The van der Waals surface area contributed by atoms with Crippen molar-refractivity contribution in [2.45, 2.75) is 26.7 Å². The number of anilines is 1. The molecule has 0 aromatic carbocycles. The van der Waals surface area contributed by atoms with Gasteiger partial charge in [-0.3, -0.25) is 4.79 Å². The lowest BCUT2D eigenvalue weighted by Crippen LogP contribution is -2.53. The normalized spacial score (nSPS) is 26.2. The number of carbonyl (C=O) groups excluding carboxylic acids is 1. The first kappa shape index (κ1) is 13.0. The van der Waals surface area contributed by atoms with Gasteiger partial charge >= 0.3 is 0 Å². The number of pyridine rings is 1. The maximum Gasteiger partial charge on any atom is 0.238 e. The van der Waals surface area contributed by atoms with E-state index in [4.69, 9.17) is 18.0 Å². The van der Waals surface area contributed by atoms with Gasteiger partial charge in [0.05, 0.1) is 10.4 Å². The smallest absolute Gasteiger partial charge is 0.238 e. The predicted octanol–water partition coefficient (Wildman–Crippen LogP) is 2.03. The van der Waals surface area contributed by atoms with E-state index in [1.165, 1.54) is 0 Å². The zero-order valence-electron chi connectivity index (χ0n) is 10.6. The van der Waals surface area contributed by atoms with Crippen LogP contribution < -0.4 is 11.1 Å². The Labute approximate surface area is 112 Å². The Balaban J connectivity index is 2.14. The molecule has 1 aliphatic rings. The van der Waals surface area contributed by atoms with Gasteiger partial charge in [0, 0.05) is 5.69 Å². The van der Waals surface area contributed by atoms with Crippen molar-refractivity contribution in [3.05, 3.63) is 23.9 Å². The molecule has 18 heavy (non-hydrogen) atoms. The molecule has 0 aliphatic heterocycles. The fraction of sp³-hybridized carbons (Fsp3) is 0.462. The minimum atomic E-state index is -0.680. The lowest BCUT2D eigenvalue weighted by Gasteiger charge is -2.43. The van der Waals surface area contributed by atoms with Gasteiger partial charge in [-0.1, -0.05) is 25.2 Å². The lowest BCUT2D eigenvalue weighted by atomic mass is 9.62. The molecule has 1 amide bonds. The molecule has 0 atom stereocenters. The molecule has 1 aliphatic carbocycles. The summed E-state index contributed by atoms with van der Waals surface area (Å²) in [7, 11) is 0. The molecule has 0 saturated heterocycles. The molecule has 96 valence electrons. The highest BCUT2D eigenvalue weighted by Crippen LogP contribution is 2.46. The van der Waals surface area contributed by atoms with Gasteiger partial charge in [-0.15, -0.1) is 0 Å². The summed E-state index contributed by atoms with van der Waals surface area (Å²) in [5, 5.41) is 2.81. The lowest BCUT2D eigenvalue weighted by molar-refractivity contribution is -0.127. The second-order valence-electron chi connectivity index (χ2n) is 5.08. The highest BCUT2D eigenvalue weighted by Gasteiger charge is 2.50. The van der Waals surface area contributed by atoms with Crippen molar-refractivity contribution in [1.29, 1.82) is 0 Å². The van der Waals surface area contributed by atoms with Gasteiger partial charge in [-0.25, -0.2) is 4.98 Å². The van der Waals surface area contributed by atoms with E-state index < -0.39 is 5.41 Å². The molecule has 1 aromatic heterocycles. The number of rotatable bonds is 3. The van der Waals surface area contributed by atoms with Crippen LogP contribution in [0.15, 0.2) is 18.2 Å². The number of nitrogens with one attached hydrogen (secondary N) is 1. The highest BCUT2D eigenvalue weighted by atomic mass is 32.1. The van der Waals surface area contributed by atoms with Crippen LogP contribution in [0.3, 0.4) is 0 Å². The molecule has 3 N–H and O–H groups in total. The number of aryl methyl sites for hydroxylation is 1. The van der Waals surface area contributed by atoms with E-state index in [0.29, 0.717) is 11.7 Å². The second-order valence-corrected chi connectivity index (χ2v) is 5.52. The first-order valence-electron chi connectivity index (χ1n) is 5.99. The Morgan fingerprint density at radius 3 is 2.72 bits per heavy atom. The number of nitrogens with two attached hydrogens (primary N) is 1. The molecule has 1 fully saturated rings. The summed E-state index contributed by atoms with van der Waals surface area (Å²) in [4.78, 5) is 16.8. The Bertz CT molecular complexity index is 495. The van der Waals surface area contributed by atoms with E-state index in [9.17, 15) is 4.79 Å². The molecule has 4 nitrogen and oxygen atoms in total. The van der Waals surface area contributed by atoms with Gasteiger partial charge in [0.25, 0.3) is 0 Å². The van der Waals surface area contributed by atoms with Crippen molar-refractivity contribution in [2.24, 2.45) is 17.1 Å². The molecular weight excluding hydrogens is 246 g/mol. The van der Waals surface area contributed by atoms with Crippen molar-refractivity contribution in [1.82, 2.24) is 4.98 Å². The fourth-order valence-electron chi connectivity index (χ4n) is 2.48. The highest BCUT2D eigenvalue weighted by molar-refractivity contribution is 7.80. The molecule has 0 radical (unpaired) electrons. The van der Waals surface area contributed by atoms with Crippen LogP contribution in [0.5, 0.6) is 0 Å². The van der Waals surface area contributed by atoms with Crippen LogP contribution >= 0.6 is 12.2 Å². The first-order valence-corrected chi connectivity index (χ1v) is 6.40. The van der Waals surface area contributed by atoms with Crippen molar-refractivity contribution < 1.29 is 4.79 Å². The monoisotopic (exact) mass is 263 g/mol. The minimum Gasteiger partial charge on any atom is -0.392 e. The summed E-state index contributed by atoms with van der Waals surface area (Å²) in [5.41, 5.74) is 5.91. The average Bonchev–Trinajstić information content (AvgIpc) is 2.23. The van der Waals surface area contributed by atoms with Crippen molar-refractivity contribution >= 4 is 28.9 Å². The SMILES string of the molecule is Cc1cccc(NC(=O)C2(C(N)=S)CC(C)C2)n1. The van der Waals surface area contributed by atoms with E-state index in [2.05, 4.69) is 17.2 Å². The van der Waals surface area contributed by atoms with Gasteiger partial charge < -0.3 is 11.1 Å². The molecule has 0 spiro atoms. The Hall–Kier alpha value is -1.49. The summed E-state index contributed by atoms with van der Waals surface area (Å²) in [6.45, 7) is 3.97. The van der Waals surface area contributed by atoms with Crippen LogP contribution in [-0.2, 0) is 4.79 Å².